The number of allylic oxidation sites excluding steroid dienone is 2. The Balaban J connectivity index is 4.19. The van der Waals surface area contributed by atoms with Gasteiger partial charge in [-0.1, -0.05) is 226 Å². The number of hydrogen-bond donors (Lipinski definition) is 0. The van der Waals surface area contributed by atoms with Crippen molar-refractivity contribution in [1.82, 2.24) is 0 Å². The van der Waals surface area contributed by atoms with Crippen molar-refractivity contribution < 1.29 is 28.6 Å². The summed E-state index contributed by atoms with van der Waals surface area (Å²) in [6, 6.07) is 0. The molecule has 1 atom stereocenters. The number of ether oxygens (including phenoxy) is 3. The Morgan fingerprint density at radius 3 is 0.877 bits per heavy atom. The lowest BCUT2D eigenvalue weighted by Gasteiger charge is -2.18. The van der Waals surface area contributed by atoms with Gasteiger partial charge in [0.2, 0.25) is 0 Å². The molecular formula is C51H96O6. The molecule has 0 saturated heterocycles. The minimum atomic E-state index is -0.762. The minimum Gasteiger partial charge on any atom is -0.462 e. The van der Waals surface area contributed by atoms with Gasteiger partial charge in [-0.3, -0.25) is 14.4 Å². The van der Waals surface area contributed by atoms with Crippen molar-refractivity contribution in [3.8, 4) is 0 Å². The van der Waals surface area contributed by atoms with Crippen LogP contribution in [0.2, 0.25) is 0 Å². The molecule has 1 unspecified atom stereocenters. The van der Waals surface area contributed by atoms with Crippen LogP contribution in [0.25, 0.3) is 0 Å². The Hall–Kier alpha value is -1.85. The van der Waals surface area contributed by atoms with Crippen molar-refractivity contribution in [3.63, 3.8) is 0 Å². The molecule has 0 aliphatic heterocycles. The molecule has 336 valence electrons. The lowest BCUT2D eigenvalue weighted by Crippen LogP contribution is -2.30. The molecule has 0 amide bonds. The van der Waals surface area contributed by atoms with Gasteiger partial charge in [-0.2, -0.15) is 0 Å². The van der Waals surface area contributed by atoms with Gasteiger partial charge in [0.25, 0.3) is 0 Å². The number of hydrogen-bond acceptors (Lipinski definition) is 6. The Labute approximate surface area is 354 Å². The van der Waals surface area contributed by atoms with Crippen LogP contribution in [-0.2, 0) is 28.6 Å². The van der Waals surface area contributed by atoms with Crippen LogP contribution in [0.15, 0.2) is 12.2 Å². The van der Waals surface area contributed by atoms with Crippen LogP contribution in [0.5, 0.6) is 0 Å². The fourth-order valence-corrected chi connectivity index (χ4v) is 7.44. The number of unbranched alkanes of at least 4 members (excludes halogenated alkanes) is 33. The average Bonchev–Trinajstić information content (AvgIpc) is 3.21. The summed E-state index contributed by atoms with van der Waals surface area (Å²) in [5, 5.41) is 0. The van der Waals surface area contributed by atoms with Crippen LogP contribution in [0.4, 0.5) is 0 Å². The predicted octanol–water partition coefficient (Wildman–Crippen LogP) is 16.2. The highest BCUT2D eigenvalue weighted by Gasteiger charge is 2.19. The van der Waals surface area contributed by atoms with Gasteiger partial charge in [-0.05, 0) is 44.9 Å². The van der Waals surface area contributed by atoms with E-state index in [0.717, 1.165) is 57.8 Å². The molecule has 0 rings (SSSR count). The molecule has 57 heavy (non-hydrogen) atoms. The van der Waals surface area contributed by atoms with Crippen molar-refractivity contribution in [2.45, 2.75) is 284 Å². The fourth-order valence-electron chi connectivity index (χ4n) is 7.44. The van der Waals surface area contributed by atoms with Gasteiger partial charge < -0.3 is 14.2 Å². The molecule has 0 aromatic carbocycles. The molecule has 0 aromatic heterocycles. The van der Waals surface area contributed by atoms with E-state index in [2.05, 4.69) is 32.9 Å². The maximum Gasteiger partial charge on any atom is 0.306 e. The Kier molecular flexibility index (Phi) is 45.3. The highest BCUT2D eigenvalue weighted by molar-refractivity contribution is 5.71. The van der Waals surface area contributed by atoms with Gasteiger partial charge in [0.1, 0.15) is 13.2 Å². The van der Waals surface area contributed by atoms with Gasteiger partial charge in [-0.25, -0.2) is 0 Å². The number of rotatable bonds is 46. The summed E-state index contributed by atoms with van der Waals surface area (Å²) < 4.78 is 16.7. The highest BCUT2D eigenvalue weighted by Crippen LogP contribution is 2.16. The molecule has 0 aromatic rings. The van der Waals surface area contributed by atoms with Crippen LogP contribution in [0.3, 0.4) is 0 Å². The zero-order valence-electron chi connectivity index (χ0n) is 38.4. The third kappa shape index (κ3) is 45.1. The van der Waals surface area contributed by atoms with Crippen LogP contribution >= 0.6 is 0 Å². The largest absolute Gasteiger partial charge is 0.462 e. The number of carbonyl (C=O) groups is 3. The van der Waals surface area contributed by atoms with E-state index < -0.39 is 6.10 Å². The summed E-state index contributed by atoms with van der Waals surface area (Å²) in [4.78, 5) is 37.7. The van der Waals surface area contributed by atoms with Crippen LogP contribution in [0, 0.1) is 0 Å². The first kappa shape index (κ1) is 55.2. The maximum absolute atomic E-state index is 12.7. The first-order valence-corrected chi connectivity index (χ1v) is 25.2. The summed E-state index contributed by atoms with van der Waals surface area (Å²) >= 11 is 0. The second-order valence-electron chi connectivity index (χ2n) is 17.1. The fraction of sp³-hybridized carbons (Fsp3) is 0.902. The molecule has 6 nitrogen and oxygen atoms in total. The first-order chi connectivity index (χ1) is 28.0. The third-order valence-corrected chi connectivity index (χ3v) is 11.3. The Bertz CT molecular complexity index is 885. The smallest absolute Gasteiger partial charge is 0.306 e. The maximum atomic E-state index is 12.7. The molecule has 0 radical (unpaired) electrons. The Morgan fingerprint density at radius 1 is 0.333 bits per heavy atom. The van der Waals surface area contributed by atoms with E-state index >= 15 is 0 Å². The topological polar surface area (TPSA) is 78.9 Å². The highest BCUT2D eigenvalue weighted by atomic mass is 16.6. The molecule has 0 bridgehead atoms. The monoisotopic (exact) mass is 805 g/mol. The summed E-state index contributed by atoms with van der Waals surface area (Å²) in [6.45, 7) is 6.62. The van der Waals surface area contributed by atoms with E-state index in [9.17, 15) is 14.4 Å². The van der Waals surface area contributed by atoms with E-state index in [0.29, 0.717) is 19.3 Å². The molecule has 6 heteroatoms. The average molecular weight is 805 g/mol. The molecule has 0 saturated carbocycles. The van der Waals surface area contributed by atoms with Crippen LogP contribution in [0.1, 0.15) is 278 Å². The zero-order chi connectivity index (χ0) is 41.5. The molecule has 0 aliphatic carbocycles. The second-order valence-corrected chi connectivity index (χ2v) is 17.1. The van der Waals surface area contributed by atoms with Crippen molar-refractivity contribution in [2.24, 2.45) is 0 Å². The van der Waals surface area contributed by atoms with Crippen molar-refractivity contribution in [2.75, 3.05) is 13.2 Å². The number of carbonyl (C=O) groups excluding carboxylic acids is 3. The van der Waals surface area contributed by atoms with Gasteiger partial charge in [-0.15, -0.1) is 0 Å². The zero-order valence-corrected chi connectivity index (χ0v) is 38.4. The third-order valence-electron chi connectivity index (χ3n) is 11.3. The van der Waals surface area contributed by atoms with Crippen molar-refractivity contribution >= 4 is 17.9 Å². The molecule has 0 fully saturated rings. The van der Waals surface area contributed by atoms with Crippen LogP contribution < -0.4 is 0 Å². The lowest BCUT2D eigenvalue weighted by atomic mass is 10.0. The minimum absolute atomic E-state index is 0.0666. The lowest BCUT2D eigenvalue weighted by molar-refractivity contribution is -0.167. The quantitative estimate of drug-likeness (QED) is 0.0264. The summed E-state index contributed by atoms with van der Waals surface area (Å²) in [6.07, 6.45) is 50.7. The summed E-state index contributed by atoms with van der Waals surface area (Å²) in [5.41, 5.74) is 0. The summed E-state index contributed by atoms with van der Waals surface area (Å²) in [5.74, 6) is -0.862. The van der Waals surface area contributed by atoms with Gasteiger partial charge in [0.05, 0.1) is 0 Å². The molecule has 0 spiro atoms. The van der Waals surface area contributed by atoms with Gasteiger partial charge in [0, 0.05) is 19.3 Å². The molecule has 0 aliphatic rings. The molecule has 0 N–H and O–H groups in total. The van der Waals surface area contributed by atoms with Gasteiger partial charge in [0.15, 0.2) is 6.10 Å². The second kappa shape index (κ2) is 46.8. The molecule has 0 heterocycles. The Morgan fingerprint density at radius 2 is 0.579 bits per heavy atom. The predicted molar refractivity (Wildman–Crippen MR) is 243 cm³/mol. The summed E-state index contributed by atoms with van der Waals surface area (Å²) in [7, 11) is 0. The van der Waals surface area contributed by atoms with Crippen LogP contribution in [-0.4, -0.2) is 37.2 Å². The van der Waals surface area contributed by atoms with E-state index in [1.165, 1.54) is 180 Å². The molecular weight excluding hydrogens is 709 g/mol. The van der Waals surface area contributed by atoms with Crippen molar-refractivity contribution in [1.29, 1.82) is 0 Å². The van der Waals surface area contributed by atoms with E-state index in [1.54, 1.807) is 0 Å². The standard InChI is InChI=1S/C51H96O6/c1-4-7-10-13-16-18-20-22-23-24-25-26-27-29-30-32-35-38-41-44-50(53)56-47-48(46-55-49(52)43-40-37-34-15-12-9-6-3)57-51(54)45-42-39-36-33-31-28-21-19-17-14-11-8-5-2/h22-23,48H,4-21,24-47H2,1-3H3/b23-22+. The first-order valence-electron chi connectivity index (χ1n) is 25.2. The SMILES string of the molecule is CCCCCCCC/C=C/CCCCCCCCCCCC(=O)OCC(COC(=O)CCCCCCCCC)OC(=O)CCCCCCCCCCCCCCC. The van der Waals surface area contributed by atoms with E-state index in [-0.39, 0.29) is 31.1 Å². The van der Waals surface area contributed by atoms with Gasteiger partial charge >= 0.3 is 17.9 Å². The number of esters is 3. The van der Waals surface area contributed by atoms with Crippen molar-refractivity contribution in [3.05, 3.63) is 12.2 Å². The van der Waals surface area contributed by atoms with E-state index in [1.807, 2.05) is 0 Å². The van der Waals surface area contributed by atoms with E-state index in [4.69, 9.17) is 14.2 Å². The normalized spacial score (nSPS) is 12.0.